The maximum atomic E-state index is 10.9. The number of hydrogen-bond donors (Lipinski definition) is 2. The van der Waals surface area contributed by atoms with E-state index in [2.05, 4.69) is 0 Å². The van der Waals surface area contributed by atoms with Crippen LogP contribution >= 0.6 is 30.6 Å². The monoisotopic (exact) mass is 390 g/mol. The molecule has 0 aromatic rings. The molecule has 4 atom stereocenters. The molecule has 0 aromatic carbocycles. The molecule has 2 N–H and O–H groups in total. The van der Waals surface area contributed by atoms with Crippen LogP contribution in [0.5, 0.6) is 0 Å². The van der Waals surface area contributed by atoms with E-state index >= 15 is 0 Å². The van der Waals surface area contributed by atoms with E-state index < -0.39 is 13.2 Å². The van der Waals surface area contributed by atoms with Gasteiger partial charge in [-0.3, -0.25) is 4.57 Å². The minimum absolute atomic E-state index is 0.189. The fraction of sp³-hybridized carbons (Fsp3) is 0.778. The van der Waals surface area contributed by atoms with E-state index in [4.69, 9.17) is 22.3 Å². The predicted molar refractivity (Wildman–Crippen MR) is 77.3 cm³/mol. The second-order valence-electron chi connectivity index (χ2n) is 4.57. The van der Waals surface area contributed by atoms with E-state index in [0.29, 0.717) is 6.42 Å². The summed E-state index contributed by atoms with van der Waals surface area (Å²) < 4.78 is 27.3. The Balaban J connectivity index is 2.86. The lowest BCUT2D eigenvalue weighted by atomic mass is 9.81. The molecule has 1 aliphatic rings. The van der Waals surface area contributed by atoms with Gasteiger partial charge in [-0.05, 0) is 13.0 Å². The topological polar surface area (TPSA) is 85.2 Å². The molecule has 0 bridgehead atoms. The van der Waals surface area contributed by atoms with Crippen molar-refractivity contribution in [1.29, 1.82) is 0 Å². The summed E-state index contributed by atoms with van der Waals surface area (Å²) in [5, 5.41) is 0. The molecule has 1 fully saturated rings. The summed E-state index contributed by atoms with van der Waals surface area (Å²) in [5.41, 5.74) is -0.772. The van der Waals surface area contributed by atoms with Gasteiger partial charge in [-0.25, -0.2) is 0 Å². The first-order valence-corrected chi connectivity index (χ1v) is 8.00. The molecule has 0 aromatic heterocycles. The molecular weight excluding hydrogens is 373 g/mol. The van der Waals surface area contributed by atoms with Crippen molar-refractivity contribution in [3.8, 4) is 0 Å². The van der Waals surface area contributed by atoms with Gasteiger partial charge in [-0.15, -0.1) is 0 Å². The molecule has 6 nitrogen and oxygen atoms in total. The third kappa shape index (κ3) is 4.59. The van der Waals surface area contributed by atoms with Crippen molar-refractivity contribution in [2.45, 2.75) is 37.2 Å². The smallest absolute Gasteiger partial charge is 0.348 e. The largest absolute Gasteiger partial charge is 0.377 e. The minimum Gasteiger partial charge on any atom is -0.377 e. The van der Waals surface area contributed by atoms with E-state index in [1.807, 2.05) is 7.85 Å². The van der Waals surface area contributed by atoms with Gasteiger partial charge in [0.25, 0.3) is 0 Å². The molecule has 1 saturated heterocycles. The average Bonchev–Trinajstić information content (AvgIpc) is 2.25. The summed E-state index contributed by atoms with van der Waals surface area (Å²) in [7, 11) is -0.748. The SMILES string of the molecule is B[C@H]1O[C@](C)(/C=C/P(=O)(O)O)C[C@@H](OI)[C@H]1OC. The van der Waals surface area contributed by atoms with Gasteiger partial charge in [-0.1, -0.05) is 0 Å². The first-order chi connectivity index (χ1) is 8.21. The van der Waals surface area contributed by atoms with Crippen LogP contribution in [0, 0.1) is 0 Å². The second-order valence-corrected chi connectivity index (χ2v) is 6.56. The maximum absolute atomic E-state index is 10.9. The molecular formula is C9H17BIO6P. The summed E-state index contributed by atoms with van der Waals surface area (Å²) in [4.78, 5) is 17.7. The van der Waals surface area contributed by atoms with Crippen LogP contribution in [0.2, 0.25) is 0 Å². The average molecular weight is 390 g/mol. The highest BCUT2D eigenvalue weighted by molar-refractivity contribution is 14.1. The molecule has 0 unspecified atom stereocenters. The van der Waals surface area contributed by atoms with Crippen molar-refractivity contribution < 1.29 is 26.9 Å². The molecule has 0 radical (unpaired) electrons. The molecule has 0 aliphatic carbocycles. The number of ether oxygens (including phenoxy) is 2. The summed E-state index contributed by atoms with van der Waals surface area (Å²) in [6.07, 6.45) is 1.48. The van der Waals surface area contributed by atoms with E-state index in [9.17, 15) is 4.57 Å². The maximum Gasteiger partial charge on any atom is 0.348 e. The summed E-state index contributed by atoms with van der Waals surface area (Å²) in [6.45, 7) is 1.77. The lowest BCUT2D eigenvalue weighted by molar-refractivity contribution is -0.158. The molecule has 1 rings (SSSR count). The number of methoxy groups -OCH3 is 1. The van der Waals surface area contributed by atoms with E-state index in [1.165, 1.54) is 6.08 Å². The highest BCUT2D eigenvalue weighted by atomic mass is 127. The Morgan fingerprint density at radius 3 is 2.67 bits per heavy atom. The van der Waals surface area contributed by atoms with Crippen LogP contribution < -0.4 is 0 Å². The molecule has 104 valence electrons. The zero-order valence-electron chi connectivity index (χ0n) is 10.4. The van der Waals surface area contributed by atoms with Crippen molar-refractivity contribution in [3.05, 3.63) is 11.9 Å². The van der Waals surface area contributed by atoms with Gasteiger partial charge < -0.3 is 22.3 Å². The number of halogens is 1. The van der Waals surface area contributed by atoms with Gasteiger partial charge in [0.2, 0.25) is 0 Å². The lowest BCUT2D eigenvalue weighted by Crippen LogP contribution is -2.53. The Morgan fingerprint density at radius 2 is 2.22 bits per heavy atom. The first-order valence-electron chi connectivity index (χ1n) is 5.44. The van der Waals surface area contributed by atoms with E-state index in [-0.39, 0.29) is 18.2 Å². The molecule has 0 spiro atoms. The summed E-state index contributed by atoms with van der Waals surface area (Å²) in [6, 6.07) is -0.227. The van der Waals surface area contributed by atoms with Crippen LogP contribution in [-0.2, 0) is 17.1 Å². The van der Waals surface area contributed by atoms with E-state index in [0.717, 1.165) is 5.82 Å². The fourth-order valence-corrected chi connectivity index (χ4v) is 3.12. The normalized spacial score (nSPS) is 38.2. The Labute approximate surface area is 121 Å². The van der Waals surface area contributed by atoms with Gasteiger partial charge in [0.1, 0.15) is 43.1 Å². The zero-order valence-corrected chi connectivity index (χ0v) is 13.5. The molecule has 1 aliphatic heterocycles. The molecule has 0 saturated carbocycles. The Hall–Kier alpha value is 0.565. The Kier molecular flexibility index (Phi) is 5.86. The highest BCUT2D eigenvalue weighted by Crippen LogP contribution is 2.40. The van der Waals surface area contributed by atoms with Crippen LogP contribution in [0.4, 0.5) is 0 Å². The third-order valence-electron chi connectivity index (χ3n) is 2.90. The Bertz CT molecular complexity index is 361. The molecule has 18 heavy (non-hydrogen) atoms. The lowest BCUT2D eigenvalue weighted by Gasteiger charge is -2.43. The van der Waals surface area contributed by atoms with Crippen LogP contribution in [0.1, 0.15) is 13.3 Å². The molecule has 1 heterocycles. The summed E-state index contributed by atoms with van der Waals surface area (Å²) >= 11 is 1.80. The van der Waals surface area contributed by atoms with Crippen molar-refractivity contribution in [3.63, 3.8) is 0 Å². The van der Waals surface area contributed by atoms with Gasteiger partial charge in [-0.2, -0.15) is 0 Å². The summed E-state index contributed by atoms with van der Waals surface area (Å²) in [5.74, 6) is 0.872. The second kappa shape index (κ2) is 6.34. The van der Waals surface area contributed by atoms with Crippen LogP contribution in [0.3, 0.4) is 0 Å². The van der Waals surface area contributed by atoms with Crippen molar-refractivity contribution in [2.75, 3.05) is 7.11 Å². The fourth-order valence-electron chi connectivity index (χ4n) is 2.15. The van der Waals surface area contributed by atoms with Gasteiger partial charge >= 0.3 is 7.60 Å². The highest BCUT2D eigenvalue weighted by Gasteiger charge is 2.42. The van der Waals surface area contributed by atoms with Gasteiger partial charge in [0.05, 0.1) is 11.6 Å². The molecule has 0 amide bonds. The quantitative estimate of drug-likeness (QED) is 0.415. The number of rotatable bonds is 4. The zero-order chi connectivity index (χ0) is 14.0. The molecule has 9 heteroatoms. The minimum atomic E-state index is -4.18. The first kappa shape index (κ1) is 16.6. The van der Waals surface area contributed by atoms with Gasteiger partial charge in [0.15, 0.2) is 0 Å². The van der Waals surface area contributed by atoms with E-state index in [1.54, 1.807) is 37.0 Å². The number of hydrogen-bond acceptors (Lipinski definition) is 4. The predicted octanol–water partition coefficient (Wildman–Crippen LogP) is 0.566. The van der Waals surface area contributed by atoms with Gasteiger partial charge in [0, 0.05) is 19.3 Å². The van der Waals surface area contributed by atoms with Crippen molar-refractivity contribution in [1.82, 2.24) is 0 Å². The van der Waals surface area contributed by atoms with Crippen LogP contribution in [-0.4, -0.2) is 48.6 Å². The third-order valence-corrected chi connectivity index (χ3v) is 4.09. The van der Waals surface area contributed by atoms with Crippen molar-refractivity contribution in [2.24, 2.45) is 0 Å². The Morgan fingerprint density at radius 1 is 1.61 bits per heavy atom. The van der Waals surface area contributed by atoms with Crippen molar-refractivity contribution >= 4 is 38.4 Å². The standard InChI is InChI=1S/C9H17BIO6P/c1-9(3-4-18(12,13)14)5-6(17-11)7(15-2)8(10)16-9/h3-4,6-8H,5,10H2,1-2H3,(H2,12,13,14)/b4-3+/t6-,7-,8+,9-/m1/s1. The van der Waals surface area contributed by atoms with Crippen LogP contribution in [0.25, 0.3) is 0 Å². The van der Waals surface area contributed by atoms with Crippen LogP contribution in [0.15, 0.2) is 11.9 Å².